The van der Waals surface area contributed by atoms with E-state index in [1.54, 1.807) is 12.1 Å². The summed E-state index contributed by atoms with van der Waals surface area (Å²) >= 11 is 9.32. The maximum Gasteiger partial charge on any atom is 0.236 e. The van der Waals surface area contributed by atoms with Crippen LogP contribution in [0.15, 0.2) is 67.3 Å². The Hall–Kier alpha value is -1.83. The molecule has 1 aliphatic rings. The lowest BCUT2D eigenvalue weighted by atomic mass is 10.1. The summed E-state index contributed by atoms with van der Waals surface area (Å²) in [6.07, 6.45) is 3.12. The summed E-state index contributed by atoms with van der Waals surface area (Å²) in [5.41, 5.74) is 0.721. The van der Waals surface area contributed by atoms with Crippen LogP contribution >= 0.6 is 27.5 Å². The number of halogens is 2. The third-order valence-corrected chi connectivity index (χ3v) is 7.14. The Morgan fingerprint density at radius 1 is 0.964 bits per heavy atom. The van der Waals surface area contributed by atoms with Gasteiger partial charge in [-0.1, -0.05) is 27.5 Å². The van der Waals surface area contributed by atoms with Crippen molar-refractivity contribution in [2.75, 3.05) is 18.0 Å². The molecule has 1 saturated heterocycles. The van der Waals surface area contributed by atoms with Gasteiger partial charge in [0.25, 0.3) is 0 Å². The van der Waals surface area contributed by atoms with E-state index < -0.39 is 9.84 Å². The van der Waals surface area contributed by atoms with E-state index in [4.69, 9.17) is 16.0 Å². The molecule has 1 aliphatic heterocycles. The lowest BCUT2D eigenvalue weighted by Gasteiger charge is -2.26. The van der Waals surface area contributed by atoms with Crippen LogP contribution in [0.4, 0.5) is 5.88 Å². The molecule has 0 atom stereocenters. The molecule has 28 heavy (non-hydrogen) atoms. The SMILES string of the molecule is O=S(=O)(c1ccc(Cl)cc1)c1nc(-c2ccc(Br)cc2)oc1N1CCCCC1. The number of rotatable bonds is 4. The Kier molecular flexibility index (Phi) is 5.49. The highest BCUT2D eigenvalue weighted by Gasteiger charge is 2.32. The van der Waals surface area contributed by atoms with Crippen LogP contribution in [-0.4, -0.2) is 26.5 Å². The Morgan fingerprint density at radius 3 is 2.25 bits per heavy atom. The number of benzene rings is 2. The first-order chi connectivity index (χ1) is 13.4. The molecule has 0 amide bonds. The molecule has 0 spiro atoms. The van der Waals surface area contributed by atoms with Gasteiger partial charge in [0.1, 0.15) is 0 Å². The highest BCUT2D eigenvalue weighted by Crippen LogP contribution is 2.36. The van der Waals surface area contributed by atoms with Crippen molar-refractivity contribution < 1.29 is 12.8 Å². The second kappa shape index (κ2) is 7.89. The van der Waals surface area contributed by atoms with Crippen LogP contribution in [0, 0.1) is 0 Å². The van der Waals surface area contributed by atoms with E-state index in [1.165, 1.54) is 12.1 Å². The fourth-order valence-electron chi connectivity index (χ4n) is 3.21. The van der Waals surface area contributed by atoms with Crippen LogP contribution in [0.25, 0.3) is 11.5 Å². The van der Waals surface area contributed by atoms with Gasteiger partial charge in [-0.25, -0.2) is 8.42 Å². The highest BCUT2D eigenvalue weighted by atomic mass is 79.9. The zero-order chi connectivity index (χ0) is 19.7. The second-order valence-electron chi connectivity index (χ2n) is 6.64. The molecule has 0 bridgehead atoms. The molecule has 5 nitrogen and oxygen atoms in total. The summed E-state index contributed by atoms with van der Waals surface area (Å²) in [5, 5.41) is 0.431. The van der Waals surface area contributed by atoms with Crippen LogP contribution in [0.3, 0.4) is 0 Å². The predicted octanol–water partition coefficient (Wildman–Crippen LogP) is 5.58. The quantitative estimate of drug-likeness (QED) is 0.487. The molecule has 146 valence electrons. The van der Waals surface area contributed by atoms with Crippen molar-refractivity contribution in [1.29, 1.82) is 0 Å². The molecule has 0 N–H and O–H groups in total. The van der Waals surface area contributed by atoms with Crippen molar-refractivity contribution in [2.45, 2.75) is 29.2 Å². The third-order valence-electron chi connectivity index (χ3n) is 4.69. The predicted molar refractivity (Wildman–Crippen MR) is 113 cm³/mol. The molecule has 0 radical (unpaired) electrons. The average Bonchev–Trinajstić information content (AvgIpc) is 3.16. The lowest BCUT2D eigenvalue weighted by molar-refractivity contribution is 0.499. The fourth-order valence-corrected chi connectivity index (χ4v) is 4.92. The van der Waals surface area contributed by atoms with Gasteiger partial charge in [0.15, 0.2) is 0 Å². The van der Waals surface area contributed by atoms with E-state index in [0.29, 0.717) is 16.8 Å². The molecular weight excluding hydrogens is 464 g/mol. The summed E-state index contributed by atoms with van der Waals surface area (Å²) in [6, 6.07) is 13.5. The van der Waals surface area contributed by atoms with E-state index >= 15 is 0 Å². The molecule has 2 heterocycles. The van der Waals surface area contributed by atoms with Gasteiger partial charge in [0.2, 0.25) is 26.6 Å². The minimum absolute atomic E-state index is 0.0466. The first kappa shape index (κ1) is 19.5. The van der Waals surface area contributed by atoms with Gasteiger partial charge in [-0.3, -0.25) is 0 Å². The van der Waals surface area contributed by atoms with Crippen LogP contribution < -0.4 is 4.90 Å². The number of oxazole rings is 1. The molecule has 2 aromatic carbocycles. The van der Waals surface area contributed by atoms with Gasteiger partial charge in [-0.15, -0.1) is 0 Å². The largest absolute Gasteiger partial charge is 0.419 e. The van der Waals surface area contributed by atoms with Crippen LogP contribution in [0.1, 0.15) is 19.3 Å². The lowest BCUT2D eigenvalue weighted by Crippen LogP contribution is -2.30. The summed E-state index contributed by atoms with van der Waals surface area (Å²) in [6.45, 7) is 1.50. The van der Waals surface area contributed by atoms with Crippen molar-refractivity contribution in [3.8, 4) is 11.5 Å². The van der Waals surface area contributed by atoms with E-state index in [0.717, 1.165) is 42.4 Å². The number of hydrogen-bond donors (Lipinski definition) is 0. The van der Waals surface area contributed by atoms with Crippen molar-refractivity contribution in [1.82, 2.24) is 4.98 Å². The fraction of sp³-hybridized carbons (Fsp3) is 0.250. The van der Waals surface area contributed by atoms with Crippen LogP contribution in [0.2, 0.25) is 5.02 Å². The normalized spacial score (nSPS) is 15.0. The molecular formula is C20H18BrClN2O3S. The van der Waals surface area contributed by atoms with Crippen molar-refractivity contribution in [3.63, 3.8) is 0 Å². The van der Waals surface area contributed by atoms with Crippen LogP contribution in [-0.2, 0) is 9.84 Å². The minimum atomic E-state index is -3.85. The zero-order valence-corrected chi connectivity index (χ0v) is 18.1. The molecule has 1 aromatic heterocycles. The molecule has 0 saturated carbocycles. The molecule has 0 unspecified atom stereocenters. The zero-order valence-electron chi connectivity index (χ0n) is 14.9. The maximum absolute atomic E-state index is 13.3. The van der Waals surface area contributed by atoms with Gasteiger partial charge in [-0.2, -0.15) is 4.98 Å². The number of aromatic nitrogens is 1. The van der Waals surface area contributed by atoms with Crippen molar-refractivity contribution in [2.24, 2.45) is 0 Å². The Balaban J connectivity index is 1.84. The molecule has 3 aromatic rings. The Labute approximate surface area is 177 Å². The topological polar surface area (TPSA) is 63.4 Å². The second-order valence-corrected chi connectivity index (χ2v) is 9.86. The van der Waals surface area contributed by atoms with E-state index in [1.807, 2.05) is 29.2 Å². The van der Waals surface area contributed by atoms with Crippen molar-refractivity contribution in [3.05, 3.63) is 58.0 Å². The van der Waals surface area contributed by atoms with Gasteiger partial charge in [0.05, 0.1) is 4.90 Å². The number of piperidine rings is 1. The van der Waals surface area contributed by atoms with E-state index in [-0.39, 0.29) is 9.92 Å². The standard InChI is InChI=1S/C20H18BrClN2O3S/c21-15-6-4-14(5-7-15)18-23-19(20(27-18)24-12-2-1-3-13-24)28(25,26)17-10-8-16(22)9-11-17/h4-11H,1-3,12-13H2. The smallest absolute Gasteiger partial charge is 0.236 e. The first-order valence-corrected chi connectivity index (χ1v) is 11.6. The summed E-state index contributed by atoms with van der Waals surface area (Å²) in [4.78, 5) is 6.53. The Morgan fingerprint density at radius 2 is 1.61 bits per heavy atom. The summed E-state index contributed by atoms with van der Waals surface area (Å²) < 4.78 is 33.5. The van der Waals surface area contributed by atoms with Crippen molar-refractivity contribution >= 4 is 43.3 Å². The van der Waals surface area contributed by atoms with Gasteiger partial charge >= 0.3 is 0 Å². The van der Waals surface area contributed by atoms with Gasteiger partial charge in [0, 0.05) is 28.1 Å². The average molecular weight is 482 g/mol. The first-order valence-electron chi connectivity index (χ1n) is 8.97. The number of nitrogens with zero attached hydrogens (tertiary/aromatic N) is 2. The monoisotopic (exact) mass is 480 g/mol. The Bertz CT molecular complexity index is 1070. The molecule has 4 rings (SSSR count). The van der Waals surface area contributed by atoms with E-state index in [9.17, 15) is 8.42 Å². The van der Waals surface area contributed by atoms with Gasteiger partial charge in [-0.05, 0) is 67.8 Å². The third kappa shape index (κ3) is 3.83. The molecule has 1 fully saturated rings. The van der Waals surface area contributed by atoms with E-state index in [2.05, 4.69) is 20.9 Å². The van der Waals surface area contributed by atoms with Gasteiger partial charge < -0.3 is 9.32 Å². The number of sulfone groups is 1. The minimum Gasteiger partial charge on any atom is -0.419 e. The highest BCUT2D eigenvalue weighted by molar-refractivity contribution is 9.10. The molecule has 0 aliphatic carbocycles. The summed E-state index contributed by atoms with van der Waals surface area (Å²) in [7, 11) is -3.85. The number of hydrogen-bond acceptors (Lipinski definition) is 5. The summed E-state index contributed by atoms with van der Waals surface area (Å²) in [5.74, 6) is 0.605. The molecule has 8 heteroatoms. The maximum atomic E-state index is 13.3. The number of anilines is 1. The van der Waals surface area contributed by atoms with Crippen LogP contribution in [0.5, 0.6) is 0 Å².